The van der Waals surface area contributed by atoms with E-state index >= 15 is 0 Å². The van der Waals surface area contributed by atoms with Crippen molar-refractivity contribution in [3.8, 4) is 0 Å². The van der Waals surface area contributed by atoms with Crippen molar-refractivity contribution in [1.82, 2.24) is 0 Å². The fourth-order valence-electron chi connectivity index (χ4n) is 1.90. The van der Waals surface area contributed by atoms with Crippen molar-refractivity contribution in [2.24, 2.45) is 0 Å². The molecule has 7 heteroatoms. The molecule has 0 fully saturated rings. The van der Waals surface area contributed by atoms with Gasteiger partial charge in [-0.1, -0.05) is 12.1 Å². The molecule has 0 amide bonds. The summed E-state index contributed by atoms with van der Waals surface area (Å²) in [5.41, 5.74) is 1.30. The smallest absolute Gasteiger partial charge is 0.379 e. The molecule has 0 unspecified atom stereocenters. The number of aryl methyl sites for hydroxylation is 1. The van der Waals surface area contributed by atoms with Crippen LogP contribution in [0.2, 0.25) is 0 Å². The van der Waals surface area contributed by atoms with Crippen LogP contribution in [0.4, 0.5) is 27.6 Å². The molecule has 0 radical (unpaired) electrons. The molecule has 0 heterocycles. The predicted molar refractivity (Wildman–Crippen MR) is 81.6 cm³/mol. The van der Waals surface area contributed by atoms with E-state index in [-0.39, 0.29) is 18.0 Å². The van der Waals surface area contributed by atoms with Crippen molar-refractivity contribution in [1.29, 1.82) is 0 Å². The zero-order valence-electron chi connectivity index (χ0n) is 12.2. The maximum atomic E-state index is 13.9. The van der Waals surface area contributed by atoms with Crippen LogP contribution in [0.25, 0.3) is 0 Å². The van der Waals surface area contributed by atoms with Gasteiger partial charge in [0.25, 0.3) is 0 Å². The lowest BCUT2D eigenvalue weighted by Crippen LogP contribution is -2.11. The minimum atomic E-state index is -4.28. The molecular formula is C16H14F5NS. The number of halogens is 5. The quantitative estimate of drug-likeness (QED) is 0.563. The lowest BCUT2D eigenvalue weighted by Gasteiger charge is -2.13. The van der Waals surface area contributed by atoms with Crippen LogP contribution in [0.5, 0.6) is 0 Å². The molecule has 0 aromatic heterocycles. The van der Waals surface area contributed by atoms with Crippen LogP contribution >= 0.6 is 11.8 Å². The summed E-state index contributed by atoms with van der Waals surface area (Å²) in [6.45, 7) is 1.80. The number of hydrogen-bond donors (Lipinski definition) is 1. The molecule has 1 N–H and O–H groups in total. The van der Waals surface area contributed by atoms with E-state index in [0.717, 1.165) is 5.56 Å². The van der Waals surface area contributed by atoms with Crippen molar-refractivity contribution in [3.63, 3.8) is 0 Å². The van der Waals surface area contributed by atoms with Gasteiger partial charge in [0.15, 0.2) is 0 Å². The zero-order valence-corrected chi connectivity index (χ0v) is 13.0. The highest BCUT2D eigenvalue weighted by molar-refractivity contribution is 7.99. The lowest BCUT2D eigenvalue weighted by molar-refractivity contribution is -0.105. The molecule has 0 saturated carbocycles. The summed E-state index contributed by atoms with van der Waals surface area (Å²) in [6, 6.07) is 8.23. The second-order valence-corrected chi connectivity index (χ2v) is 6.00. The Hall–Kier alpha value is -1.76. The third-order valence-corrected chi connectivity index (χ3v) is 4.27. The second-order valence-electron chi connectivity index (χ2n) is 4.98. The SMILES string of the molecule is Cc1cc(F)c(NCc2ccc(F)cc2)cc1SCC(F)(F)F. The van der Waals surface area contributed by atoms with E-state index in [0.29, 0.717) is 22.2 Å². The van der Waals surface area contributed by atoms with E-state index in [1.54, 1.807) is 19.1 Å². The minimum Gasteiger partial charge on any atom is -0.379 e. The molecule has 0 atom stereocenters. The van der Waals surface area contributed by atoms with Gasteiger partial charge in [0.2, 0.25) is 0 Å². The Balaban J connectivity index is 2.10. The fraction of sp³-hybridized carbons (Fsp3) is 0.250. The maximum absolute atomic E-state index is 13.9. The molecule has 0 aliphatic rings. The summed E-state index contributed by atoms with van der Waals surface area (Å²) >= 11 is 0.619. The van der Waals surface area contributed by atoms with Crippen molar-refractivity contribution in [3.05, 3.63) is 59.2 Å². The first-order chi connectivity index (χ1) is 10.7. The number of benzene rings is 2. The molecule has 2 rings (SSSR count). The summed E-state index contributed by atoms with van der Waals surface area (Å²) in [5.74, 6) is -1.95. The van der Waals surface area contributed by atoms with Gasteiger partial charge in [0.1, 0.15) is 11.6 Å². The molecule has 0 spiro atoms. The fourth-order valence-corrected chi connectivity index (χ4v) is 2.71. The first kappa shape index (κ1) is 17.6. The highest BCUT2D eigenvalue weighted by atomic mass is 32.2. The first-order valence-electron chi connectivity index (χ1n) is 6.72. The summed E-state index contributed by atoms with van der Waals surface area (Å²) < 4.78 is 63.7. The topological polar surface area (TPSA) is 12.0 Å². The number of alkyl halides is 3. The third kappa shape index (κ3) is 5.42. The van der Waals surface area contributed by atoms with E-state index in [4.69, 9.17) is 0 Å². The molecule has 124 valence electrons. The van der Waals surface area contributed by atoms with E-state index in [2.05, 4.69) is 5.32 Å². The highest BCUT2D eigenvalue weighted by Gasteiger charge is 2.27. The average molecular weight is 347 g/mol. The molecule has 23 heavy (non-hydrogen) atoms. The van der Waals surface area contributed by atoms with Crippen molar-refractivity contribution in [2.75, 3.05) is 11.1 Å². The second kappa shape index (κ2) is 7.21. The monoisotopic (exact) mass is 347 g/mol. The maximum Gasteiger partial charge on any atom is 0.398 e. The van der Waals surface area contributed by atoms with Gasteiger partial charge in [-0.2, -0.15) is 13.2 Å². The summed E-state index contributed by atoms with van der Waals surface area (Å²) in [6.07, 6.45) is -4.28. The molecule has 0 saturated heterocycles. The average Bonchev–Trinajstić information content (AvgIpc) is 2.46. The zero-order chi connectivity index (χ0) is 17.0. The highest BCUT2D eigenvalue weighted by Crippen LogP contribution is 2.32. The number of thioether (sulfide) groups is 1. The largest absolute Gasteiger partial charge is 0.398 e. The van der Waals surface area contributed by atoms with Crippen LogP contribution in [0.1, 0.15) is 11.1 Å². The van der Waals surface area contributed by atoms with Crippen molar-refractivity contribution >= 4 is 17.4 Å². The van der Waals surface area contributed by atoms with E-state index in [9.17, 15) is 22.0 Å². The lowest BCUT2D eigenvalue weighted by atomic mass is 10.2. The molecular weight excluding hydrogens is 333 g/mol. The normalized spacial score (nSPS) is 11.6. The Labute approximate surface area is 134 Å². The van der Waals surface area contributed by atoms with E-state index in [1.807, 2.05) is 0 Å². The van der Waals surface area contributed by atoms with Gasteiger partial charge < -0.3 is 5.32 Å². The van der Waals surface area contributed by atoms with Gasteiger partial charge >= 0.3 is 6.18 Å². The summed E-state index contributed by atoms with van der Waals surface area (Å²) in [4.78, 5) is 0.366. The van der Waals surface area contributed by atoms with Gasteiger partial charge in [0, 0.05) is 11.4 Å². The molecule has 2 aromatic carbocycles. The van der Waals surface area contributed by atoms with Crippen molar-refractivity contribution < 1.29 is 22.0 Å². The minimum absolute atomic E-state index is 0.115. The Morgan fingerprint density at radius 3 is 2.30 bits per heavy atom. The number of hydrogen-bond acceptors (Lipinski definition) is 2. The summed E-state index contributed by atoms with van der Waals surface area (Å²) in [7, 11) is 0. The van der Waals surface area contributed by atoms with E-state index in [1.165, 1.54) is 24.3 Å². The van der Waals surface area contributed by atoms with E-state index < -0.39 is 17.7 Å². The summed E-state index contributed by atoms with van der Waals surface area (Å²) in [5, 5.41) is 2.82. The Bertz CT molecular complexity index is 667. The van der Waals surface area contributed by atoms with Crippen molar-refractivity contribution in [2.45, 2.75) is 24.5 Å². The Morgan fingerprint density at radius 2 is 1.70 bits per heavy atom. The number of anilines is 1. The third-order valence-electron chi connectivity index (χ3n) is 3.05. The number of rotatable bonds is 5. The molecule has 1 nitrogen and oxygen atoms in total. The Morgan fingerprint density at radius 1 is 1.04 bits per heavy atom. The van der Waals surface area contributed by atoms with Gasteiger partial charge in [-0.3, -0.25) is 0 Å². The molecule has 0 bridgehead atoms. The molecule has 2 aromatic rings. The van der Waals surface area contributed by atoms with Crippen LogP contribution in [-0.4, -0.2) is 11.9 Å². The number of nitrogens with one attached hydrogen (secondary N) is 1. The van der Waals surface area contributed by atoms with Gasteiger partial charge in [0.05, 0.1) is 11.4 Å². The standard InChI is InChI=1S/C16H14F5NS/c1-10-6-13(18)14(7-15(10)23-9-16(19,20)21)22-8-11-2-4-12(17)5-3-11/h2-7,22H,8-9H2,1H3. The molecule has 0 aliphatic carbocycles. The van der Waals surface area contributed by atoms with Crippen LogP contribution in [0.15, 0.2) is 41.3 Å². The van der Waals surface area contributed by atoms with Crippen LogP contribution in [-0.2, 0) is 6.54 Å². The Kier molecular flexibility index (Phi) is 5.51. The van der Waals surface area contributed by atoms with Crippen LogP contribution < -0.4 is 5.32 Å². The molecule has 0 aliphatic heterocycles. The first-order valence-corrected chi connectivity index (χ1v) is 7.71. The predicted octanol–water partition coefficient (Wildman–Crippen LogP) is 5.54. The van der Waals surface area contributed by atoms with Gasteiger partial charge in [-0.15, -0.1) is 11.8 Å². The van der Waals surface area contributed by atoms with Crippen LogP contribution in [0, 0.1) is 18.6 Å². The van der Waals surface area contributed by atoms with Crippen LogP contribution in [0.3, 0.4) is 0 Å². The van der Waals surface area contributed by atoms with Gasteiger partial charge in [-0.25, -0.2) is 8.78 Å². The van der Waals surface area contributed by atoms with Gasteiger partial charge in [-0.05, 0) is 42.3 Å².